The minimum Gasteiger partial charge on any atom is -0.488 e. The number of hydrogen-bond donors (Lipinski definition) is 1. The SMILES string of the molecule is Cc1cc(CNC2CC2)cc(C)c1OCc1ccc(Br)s1. The Balaban J connectivity index is 1.66. The van der Waals surface area contributed by atoms with E-state index in [0.717, 1.165) is 22.1 Å². The monoisotopic (exact) mass is 365 g/mol. The van der Waals surface area contributed by atoms with Crippen molar-refractivity contribution in [1.29, 1.82) is 0 Å². The van der Waals surface area contributed by atoms with Gasteiger partial charge in [-0.05, 0) is 71.4 Å². The minimum absolute atomic E-state index is 0.637. The Kier molecular flexibility index (Phi) is 4.67. The van der Waals surface area contributed by atoms with Gasteiger partial charge in [-0.3, -0.25) is 0 Å². The number of rotatable bonds is 6. The molecule has 0 saturated heterocycles. The van der Waals surface area contributed by atoms with Gasteiger partial charge in [0.25, 0.3) is 0 Å². The maximum Gasteiger partial charge on any atom is 0.125 e. The zero-order valence-corrected chi connectivity index (χ0v) is 14.8. The van der Waals surface area contributed by atoms with Crippen LogP contribution in [0, 0.1) is 13.8 Å². The van der Waals surface area contributed by atoms with Crippen molar-refractivity contribution in [3.8, 4) is 5.75 Å². The van der Waals surface area contributed by atoms with Gasteiger partial charge in [0.15, 0.2) is 0 Å². The molecule has 112 valence electrons. The van der Waals surface area contributed by atoms with Gasteiger partial charge in [-0.1, -0.05) is 12.1 Å². The molecule has 0 bridgehead atoms. The summed E-state index contributed by atoms with van der Waals surface area (Å²) in [6, 6.07) is 9.39. The summed E-state index contributed by atoms with van der Waals surface area (Å²) in [5, 5.41) is 3.56. The van der Waals surface area contributed by atoms with Gasteiger partial charge in [0.1, 0.15) is 12.4 Å². The van der Waals surface area contributed by atoms with Gasteiger partial charge in [0, 0.05) is 17.5 Å². The Bertz CT molecular complexity index is 610. The third kappa shape index (κ3) is 4.09. The van der Waals surface area contributed by atoms with E-state index in [2.05, 4.69) is 59.4 Å². The van der Waals surface area contributed by atoms with E-state index in [1.807, 2.05) is 0 Å². The number of aryl methyl sites for hydroxylation is 2. The molecule has 1 aromatic carbocycles. The number of ether oxygens (including phenoxy) is 1. The van der Waals surface area contributed by atoms with Crippen molar-refractivity contribution < 1.29 is 4.74 Å². The van der Waals surface area contributed by atoms with E-state index < -0.39 is 0 Å². The van der Waals surface area contributed by atoms with E-state index >= 15 is 0 Å². The first kappa shape index (κ1) is 15.1. The van der Waals surface area contributed by atoms with Gasteiger partial charge in [-0.2, -0.15) is 0 Å². The Hall–Kier alpha value is -0.840. The second-order valence-corrected chi connectivity index (χ2v) is 8.26. The van der Waals surface area contributed by atoms with E-state index in [1.165, 1.54) is 34.4 Å². The van der Waals surface area contributed by atoms with Gasteiger partial charge < -0.3 is 10.1 Å². The topological polar surface area (TPSA) is 21.3 Å². The van der Waals surface area contributed by atoms with Crippen LogP contribution in [0.4, 0.5) is 0 Å². The van der Waals surface area contributed by atoms with Gasteiger partial charge in [0.05, 0.1) is 3.79 Å². The molecule has 0 radical (unpaired) electrons. The molecule has 1 aromatic heterocycles. The minimum atomic E-state index is 0.637. The molecule has 0 unspecified atom stereocenters. The van der Waals surface area contributed by atoms with Crippen LogP contribution in [0.3, 0.4) is 0 Å². The van der Waals surface area contributed by atoms with E-state index in [4.69, 9.17) is 4.74 Å². The lowest BCUT2D eigenvalue weighted by molar-refractivity contribution is 0.305. The summed E-state index contributed by atoms with van der Waals surface area (Å²) in [4.78, 5) is 1.24. The first-order chi connectivity index (χ1) is 10.1. The number of nitrogens with one attached hydrogen (secondary N) is 1. The summed E-state index contributed by atoms with van der Waals surface area (Å²) >= 11 is 5.21. The highest BCUT2D eigenvalue weighted by atomic mass is 79.9. The Labute approximate surface area is 138 Å². The number of benzene rings is 1. The molecule has 4 heteroatoms. The zero-order chi connectivity index (χ0) is 14.8. The normalized spacial score (nSPS) is 14.4. The largest absolute Gasteiger partial charge is 0.488 e. The predicted octanol–water partition coefficient (Wildman–Crippen LogP) is 4.96. The van der Waals surface area contributed by atoms with Gasteiger partial charge >= 0.3 is 0 Å². The highest BCUT2D eigenvalue weighted by Gasteiger charge is 2.20. The van der Waals surface area contributed by atoms with Gasteiger partial charge in [-0.15, -0.1) is 11.3 Å². The highest BCUT2D eigenvalue weighted by Crippen LogP contribution is 2.28. The molecule has 0 aliphatic heterocycles. The average Bonchev–Trinajstić information content (AvgIpc) is 3.17. The Morgan fingerprint density at radius 3 is 2.52 bits per heavy atom. The van der Waals surface area contributed by atoms with Crippen molar-refractivity contribution in [3.05, 3.63) is 49.6 Å². The summed E-state index contributed by atoms with van der Waals surface area (Å²) in [7, 11) is 0. The Morgan fingerprint density at radius 1 is 1.24 bits per heavy atom. The molecule has 0 amide bonds. The van der Waals surface area contributed by atoms with E-state index in [-0.39, 0.29) is 0 Å². The predicted molar refractivity (Wildman–Crippen MR) is 92.1 cm³/mol. The molecule has 2 nitrogen and oxygen atoms in total. The fourth-order valence-electron chi connectivity index (χ4n) is 2.49. The summed E-state index contributed by atoms with van der Waals surface area (Å²) in [6.07, 6.45) is 2.66. The molecule has 21 heavy (non-hydrogen) atoms. The fraction of sp³-hybridized carbons (Fsp3) is 0.412. The van der Waals surface area contributed by atoms with Gasteiger partial charge in [0.2, 0.25) is 0 Å². The first-order valence-electron chi connectivity index (χ1n) is 7.32. The lowest BCUT2D eigenvalue weighted by Gasteiger charge is -2.14. The van der Waals surface area contributed by atoms with Crippen LogP contribution in [0.25, 0.3) is 0 Å². The number of halogens is 1. The summed E-state index contributed by atoms with van der Waals surface area (Å²) in [6.45, 7) is 5.86. The van der Waals surface area contributed by atoms with Crippen LogP contribution >= 0.6 is 27.3 Å². The van der Waals surface area contributed by atoms with Crippen molar-refractivity contribution in [2.75, 3.05) is 0 Å². The molecule has 1 aliphatic carbocycles. The molecule has 2 aromatic rings. The number of hydrogen-bond acceptors (Lipinski definition) is 3. The lowest BCUT2D eigenvalue weighted by Crippen LogP contribution is -2.15. The molecular formula is C17H20BrNOS. The fourth-order valence-corrected chi connectivity index (χ4v) is 3.89. The van der Waals surface area contributed by atoms with E-state index in [9.17, 15) is 0 Å². The van der Waals surface area contributed by atoms with Crippen LogP contribution < -0.4 is 10.1 Å². The molecule has 1 aliphatic rings. The first-order valence-corrected chi connectivity index (χ1v) is 8.93. The highest BCUT2D eigenvalue weighted by molar-refractivity contribution is 9.11. The van der Waals surface area contributed by atoms with Crippen LogP contribution in [0.15, 0.2) is 28.1 Å². The summed E-state index contributed by atoms with van der Waals surface area (Å²) < 4.78 is 7.18. The van der Waals surface area contributed by atoms with Crippen molar-refractivity contribution in [1.82, 2.24) is 5.32 Å². The molecule has 0 spiro atoms. The summed E-state index contributed by atoms with van der Waals surface area (Å²) in [5.74, 6) is 1.02. The van der Waals surface area contributed by atoms with Gasteiger partial charge in [-0.25, -0.2) is 0 Å². The van der Waals surface area contributed by atoms with Crippen molar-refractivity contribution in [2.24, 2.45) is 0 Å². The smallest absolute Gasteiger partial charge is 0.125 e. The third-order valence-corrected chi connectivity index (χ3v) is 5.28. The van der Waals surface area contributed by atoms with Crippen molar-refractivity contribution in [2.45, 2.75) is 45.9 Å². The zero-order valence-electron chi connectivity index (χ0n) is 12.4. The standard InChI is InChI=1S/C17H20BrNOS/c1-11-7-13(9-19-14-3-4-14)8-12(2)17(11)20-10-15-5-6-16(18)21-15/h5-8,14,19H,3-4,9-10H2,1-2H3. The van der Waals surface area contributed by atoms with Crippen molar-refractivity contribution in [3.63, 3.8) is 0 Å². The molecular weight excluding hydrogens is 346 g/mol. The van der Waals surface area contributed by atoms with E-state index in [0.29, 0.717) is 6.61 Å². The van der Waals surface area contributed by atoms with Crippen LogP contribution in [0.5, 0.6) is 5.75 Å². The quantitative estimate of drug-likeness (QED) is 0.780. The second kappa shape index (κ2) is 6.51. The van der Waals surface area contributed by atoms with Crippen LogP contribution in [-0.2, 0) is 13.2 Å². The molecule has 1 fully saturated rings. The maximum absolute atomic E-state index is 6.03. The summed E-state index contributed by atoms with van der Waals surface area (Å²) in [5.41, 5.74) is 3.79. The third-order valence-electron chi connectivity index (χ3n) is 3.68. The van der Waals surface area contributed by atoms with Crippen molar-refractivity contribution >= 4 is 27.3 Å². The van der Waals surface area contributed by atoms with Crippen LogP contribution in [0.1, 0.15) is 34.4 Å². The molecule has 1 saturated carbocycles. The molecule has 1 heterocycles. The number of thiophene rings is 1. The molecule has 1 N–H and O–H groups in total. The van der Waals surface area contributed by atoms with Crippen LogP contribution in [-0.4, -0.2) is 6.04 Å². The lowest BCUT2D eigenvalue weighted by atomic mass is 10.1. The Morgan fingerprint density at radius 2 is 1.95 bits per heavy atom. The van der Waals surface area contributed by atoms with Crippen LogP contribution in [0.2, 0.25) is 0 Å². The molecule has 0 atom stereocenters. The average molecular weight is 366 g/mol. The maximum atomic E-state index is 6.03. The molecule has 3 rings (SSSR count). The second-order valence-electron chi connectivity index (χ2n) is 5.71. The van der Waals surface area contributed by atoms with E-state index in [1.54, 1.807) is 11.3 Å².